The predicted molar refractivity (Wildman–Crippen MR) is 39.9 cm³/mol. The van der Waals surface area contributed by atoms with Crippen molar-refractivity contribution in [2.24, 2.45) is 0 Å². The van der Waals surface area contributed by atoms with E-state index in [0.29, 0.717) is 19.1 Å². The SMILES string of the molecule is Nc1cn[n+](N2CCOCC2)o1. The van der Waals surface area contributed by atoms with Crippen LogP contribution in [0.25, 0.3) is 0 Å². The van der Waals surface area contributed by atoms with Crippen molar-refractivity contribution < 1.29 is 14.2 Å². The quantitative estimate of drug-likeness (QED) is 0.521. The van der Waals surface area contributed by atoms with E-state index in [1.54, 1.807) is 0 Å². The first kappa shape index (κ1) is 7.35. The molecule has 1 aromatic rings. The van der Waals surface area contributed by atoms with E-state index in [-0.39, 0.29) is 0 Å². The van der Waals surface area contributed by atoms with Crippen LogP contribution in [-0.2, 0) is 4.74 Å². The monoisotopic (exact) mass is 171 g/mol. The first-order valence-electron chi connectivity index (χ1n) is 3.83. The molecule has 66 valence electrons. The van der Waals surface area contributed by atoms with Crippen LogP contribution in [0, 0.1) is 0 Å². The molecule has 2 rings (SSSR count). The Kier molecular flexibility index (Phi) is 1.83. The molecule has 0 radical (unpaired) electrons. The Labute approximate surface area is 69.4 Å². The lowest BCUT2D eigenvalue weighted by Crippen LogP contribution is -2.62. The molecule has 0 saturated carbocycles. The van der Waals surface area contributed by atoms with Gasteiger partial charge in [0.25, 0.3) is 5.88 Å². The van der Waals surface area contributed by atoms with Crippen molar-refractivity contribution in [1.82, 2.24) is 5.10 Å². The second kappa shape index (κ2) is 2.98. The van der Waals surface area contributed by atoms with Crippen LogP contribution in [0.3, 0.4) is 0 Å². The van der Waals surface area contributed by atoms with E-state index in [9.17, 15) is 0 Å². The van der Waals surface area contributed by atoms with Crippen LogP contribution in [-0.4, -0.2) is 31.4 Å². The summed E-state index contributed by atoms with van der Waals surface area (Å²) in [6.07, 6.45) is 1.48. The van der Waals surface area contributed by atoms with Gasteiger partial charge in [-0.2, -0.15) is 4.52 Å². The van der Waals surface area contributed by atoms with E-state index < -0.39 is 0 Å². The maximum Gasteiger partial charge on any atom is 0.298 e. The molecule has 1 fully saturated rings. The molecule has 1 saturated heterocycles. The fourth-order valence-corrected chi connectivity index (χ4v) is 1.10. The summed E-state index contributed by atoms with van der Waals surface area (Å²) in [6.45, 7) is 2.97. The number of morpholine rings is 1. The Balaban J connectivity index is 2.08. The summed E-state index contributed by atoms with van der Waals surface area (Å²) in [5, 5.41) is 5.87. The van der Waals surface area contributed by atoms with Crippen LogP contribution < -0.4 is 15.7 Å². The number of anilines is 1. The van der Waals surface area contributed by atoms with Gasteiger partial charge < -0.3 is 10.5 Å². The zero-order valence-electron chi connectivity index (χ0n) is 6.64. The van der Waals surface area contributed by atoms with E-state index in [1.807, 2.05) is 5.01 Å². The van der Waals surface area contributed by atoms with Gasteiger partial charge in [0.2, 0.25) is 4.96 Å². The zero-order chi connectivity index (χ0) is 8.39. The molecule has 0 spiro atoms. The third kappa shape index (κ3) is 1.33. The highest BCUT2D eigenvalue weighted by Gasteiger charge is 2.23. The van der Waals surface area contributed by atoms with Gasteiger partial charge in [0.1, 0.15) is 13.1 Å². The van der Waals surface area contributed by atoms with Crippen molar-refractivity contribution >= 4 is 5.88 Å². The fourth-order valence-electron chi connectivity index (χ4n) is 1.10. The molecule has 0 amide bonds. The van der Waals surface area contributed by atoms with E-state index in [2.05, 4.69) is 5.10 Å². The Morgan fingerprint density at radius 1 is 1.50 bits per heavy atom. The van der Waals surface area contributed by atoms with Crippen molar-refractivity contribution in [3.05, 3.63) is 6.20 Å². The Bertz CT molecular complexity index is 256. The molecule has 12 heavy (non-hydrogen) atoms. The van der Waals surface area contributed by atoms with Crippen molar-refractivity contribution in [2.75, 3.05) is 37.0 Å². The molecule has 6 nitrogen and oxygen atoms in total. The van der Waals surface area contributed by atoms with Crippen LogP contribution in [0.15, 0.2) is 10.7 Å². The van der Waals surface area contributed by atoms with Gasteiger partial charge >= 0.3 is 0 Å². The Morgan fingerprint density at radius 3 is 2.83 bits per heavy atom. The molecule has 0 bridgehead atoms. The summed E-state index contributed by atoms with van der Waals surface area (Å²) in [6, 6.07) is 0. The summed E-state index contributed by atoms with van der Waals surface area (Å²) < 4.78 is 10.2. The van der Waals surface area contributed by atoms with E-state index in [1.165, 1.54) is 11.2 Å². The van der Waals surface area contributed by atoms with Crippen molar-refractivity contribution in [1.29, 1.82) is 0 Å². The van der Waals surface area contributed by atoms with Crippen molar-refractivity contribution in [2.45, 2.75) is 0 Å². The summed E-state index contributed by atoms with van der Waals surface area (Å²) in [4.78, 5) is 1.40. The van der Waals surface area contributed by atoms with Gasteiger partial charge in [0.05, 0.1) is 18.3 Å². The Morgan fingerprint density at radius 2 is 2.25 bits per heavy atom. The summed E-state index contributed by atoms with van der Waals surface area (Å²) >= 11 is 0. The van der Waals surface area contributed by atoms with Crippen LogP contribution in [0.4, 0.5) is 5.88 Å². The minimum atomic E-state index is 0.321. The van der Waals surface area contributed by atoms with Crippen molar-refractivity contribution in [3.63, 3.8) is 0 Å². The van der Waals surface area contributed by atoms with E-state index >= 15 is 0 Å². The molecular weight excluding hydrogens is 160 g/mol. The van der Waals surface area contributed by atoms with Gasteiger partial charge in [-0.3, -0.25) is 0 Å². The maximum atomic E-state index is 5.38. The highest BCUT2D eigenvalue weighted by Crippen LogP contribution is 1.93. The third-order valence-electron chi connectivity index (χ3n) is 1.70. The van der Waals surface area contributed by atoms with Gasteiger partial charge in [-0.25, -0.2) is 0 Å². The first-order chi connectivity index (χ1) is 5.86. The van der Waals surface area contributed by atoms with Gasteiger partial charge in [0.15, 0.2) is 6.20 Å². The molecule has 0 aliphatic carbocycles. The highest BCUT2D eigenvalue weighted by atomic mass is 16.6. The molecule has 0 aromatic carbocycles. The van der Waals surface area contributed by atoms with Crippen LogP contribution >= 0.6 is 0 Å². The predicted octanol–water partition coefficient (Wildman–Crippen LogP) is -1.49. The summed E-state index contributed by atoms with van der Waals surface area (Å²) in [5.74, 6) is 0.321. The largest absolute Gasteiger partial charge is 0.377 e. The molecule has 2 N–H and O–H groups in total. The minimum absolute atomic E-state index is 0.321. The lowest BCUT2D eigenvalue weighted by Gasteiger charge is -2.16. The minimum Gasteiger partial charge on any atom is -0.377 e. The average Bonchev–Trinajstić information content (AvgIpc) is 2.54. The number of nitrogens with zero attached hydrogens (tertiary/aromatic N) is 3. The second-order valence-electron chi connectivity index (χ2n) is 2.56. The Hall–Kier alpha value is -1.30. The third-order valence-corrected chi connectivity index (χ3v) is 1.70. The number of rotatable bonds is 1. The highest BCUT2D eigenvalue weighted by molar-refractivity contribution is 5.12. The van der Waals surface area contributed by atoms with E-state index in [4.69, 9.17) is 15.0 Å². The second-order valence-corrected chi connectivity index (χ2v) is 2.56. The van der Waals surface area contributed by atoms with Gasteiger partial charge in [-0.1, -0.05) is 0 Å². The fraction of sp³-hybridized carbons (Fsp3) is 0.667. The lowest BCUT2D eigenvalue weighted by molar-refractivity contribution is -0.903. The maximum absolute atomic E-state index is 5.38. The van der Waals surface area contributed by atoms with Crippen LogP contribution in [0.1, 0.15) is 0 Å². The molecule has 1 aromatic heterocycles. The summed E-state index contributed by atoms with van der Waals surface area (Å²) in [7, 11) is 0. The zero-order valence-corrected chi connectivity index (χ0v) is 6.64. The molecule has 0 atom stereocenters. The number of hydrogen-bond donors (Lipinski definition) is 1. The van der Waals surface area contributed by atoms with E-state index in [0.717, 1.165) is 13.1 Å². The molecular formula is C6H11N4O2+. The number of hydrogen-bond acceptors (Lipinski definition) is 5. The van der Waals surface area contributed by atoms with Crippen LogP contribution in [0.5, 0.6) is 0 Å². The lowest BCUT2D eigenvalue weighted by atomic mass is 10.5. The standard InChI is InChI=1S/C6H10N4O2/c7-6-5-8-10(12-6)9-1-3-11-4-2-9/h5,7H,1-4H2/p+1. The molecule has 0 unspecified atom stereocenters. The van der Waals surface area contributed by atoms with Crippen LogP contribution in [0.2, 0.25) is 0 Å². The molecule has 2 heterocycles. The average molecular weight is 171 g/mol. The number of nitrogen functional groups attached to an aromatic ring is 1. The van der Waals surface area contributed by atoms with Crippen molar-refractivity contribution in [3.8, 4) is 0 Å². The number of nitrogens with two attached hydrogens (primary N) is 1. The molecule has 1 aliphatic heterocycles. The van der Waals surface area contributed by atoms with Gasteiger partial charge in [-0.05, 0) is 0 Å². The smallest absolute Gasteiger partial charge is 0.298 e. The first-order valence-corrected chi connectivity index (χ1v) is 3.83. The molecule has 6 heteroatoms. The molecule has 1 aliphatic rings. The van der Waals surface area contributed by atoms with Gasteiger partial charge in [-0.15, -0.1) is 5.01 Å². The van der Waals surface area contributed by atoms with Gasteiger partial charge in [0, 0.05) is 0 Å². The summed E-state index contributed by atoms with van der Waals surface area (Å²) in [5.41, 5.74) is 5.38. The normalized spacial score (nSPS) is 18.2. The number of ether oxygens (including phenoxy) is 1. The number of aromatic nitrogens is 2. The topological polar surface area (TPSA) is 68.4 Å².